The summed E-state index contributed by atoms with van der Waals surface area (Å²) in [7, 11) is 0. The highest BCUT2D eigenvalue weighted by molar-refractivity contribution is 5.14. The van der Waals surface area contributed by atoms with E-state index in [-0.39, 0.29) is 0 Å². The third-order valence-electron chi connectivity index (χ3n) is 3.04. The molecule has 0 amide bonds. The fraction of sp³-hybridized carbons (Fsp3) is 0.538. The molecular formula is C13H19N. The Hall–Kier alpha value is -0.820. The molecular weight excluding hydrogens is 170 g/mol. The minimum absolute atomic E-state index is 0.804. The molecule has 0 saturated heterocycles. The van der Waals surface area contributed by atoms with E-state index in [1.54, 1.807) is 0 Å². The van der Waals surface area contributed by atoms with Crippen molar-refractivity contribution in [3.8, 4) is 0 Å². The van der Waals surface area contributed by atoms with Crippen LogP contribution in [0.2, 0.25) is 0 Å². The Morgan fingerprint density at radius 3 is 2.50 bits per heavy atom. The van der Waals surface area contributed by atoms with Crippen LogP contribution in [-0.2, 0) is 6.42 Å². The largest absolute Gasteiger partial charge is 0.314 e. The molecule has 1 aliphatic rings. The van der Waals surface area contributed by atoms with Gasteiger partial charge in [0.2, 0.25) is 0 Å². The van der Waals surface area contributed by atoms with Gasteiger partial charge >= 0.3 is 0 Å². The average Bonchev–Trinajstić information content (AvgIpc) is 2.72. The molecule has 1 nitrogen and oxygen atoms in total. The van der Waals surface area contributed by atoms with E-state index >= 15 is 0 Å². The monoisotopic (exact) mass is 189 g/mol. The fourth-order valence-electron chi connectivity index (χ4n) is 2.20. The van der Waals surface area contributed by atoms with Crippen molar-refractivity contribution in [3.05, 3.63) is 35.9 Å². The predicted molar refractivity (Wildman–Crippen MR) is 60.4 cm³/mol. The fourth-order valence-corrected chi connectivity index (χ4v) is 2.20. The van der Waals surface area contributed by atoms with E-state index in [0.717, 1.165) is 19.0 Å². The predicted octanol–water partition coefficient (Wildman–Crippen LogP) is 2.76. The van der Waals surface area contributed by atoms with E-state index in [2.05, 4.69) is 35.6 Å². The van der Waals surface area contributed by atoms with Crippen molar-refractivity contribution < 1.29 is 0 Å². The summed E-state index contributed by atoms with van der Waals surface area (Å²) in [5, 5.41) is 3.63. The molecule has 0 heterocycles. The van der Waals surface area contributed by atoms with E-state index in [4.69, 9.17) is 0 Å². The molecule has 1 heteroatoms. The molecule has 1 N–H and O–H groups in total. The van der Waals surface area contributed by atoms with Crippen molar-refractivity contribution in [3.63, 3.8) is 0 Å². The van der Waals surface area contributed by atoms with Crippen molar-refractivity contribution in [2.75, 3.05) is 6.54 Å². The third-order valence-corrected chi connectivity index (χ3v) is 3.04. The van der Waals surface area contributed by atoms with Crippen molar-refractivity contribution in [1.29, 1.82) is 0 Å². The average molecular weight is 189 g/mol. The van der Waals surface area contributed by atoms with E-state index in [1.807, 2.05) is 0 Å². The van der Waals surface area contributed by atoms with Crippen LogP contribution < -0.4 is 5.32 Å². The summed E-state index contributed by atoms with van der Waals surface area (Å²) in [5.74, 6) is 0. The quantitative estimate of drug-likeness (QED) is 0.768. The maximum absolute atomic E-state index is 3.63. The second-order valence-corrected chi connectivity index (χ2v) is 4.17. The minimum atomic E-state index is 0.804. The van der Waals surface area contributed by atoms with Crippen molar-refractivity contribution >= 4 is 0 Å². The standard InChI is InChI=1S/C13H19N/c1-2-6-12(7-3-1)10-11-14-13-8-4-5-9-13/h1-3,6-7,13-14H,4-5,8-11H2. The molecule has 1 aliphatic carbocycles. The Morgan fingerprint density at radius 1 is 1.07 bits per heavy atom. The number of benzene rings is 1. The molecule has 0 aromatic heterocycles. The van der Waals surface area contributed by atoms with Crippen LogP contribution in [0.1, 0.15) is 31.2 Å². The Balaban J connectivity index is 1.67. The van der Waals surface area contributed by atoms with Crippen LogP contribution in [0.5, 0.6) is 0 Å². The summed E-state index contributed by atoms with van der Waals surface area (Å²) in [6, 6.07) is 11.5. The van der Waals surface area contributed by atoms with Crippen LogP contribution in [0.4, 0.5) is 0 Å². The molecule has 14 heavy (non-hydrogen) atoms. The van der Waals surface area contributed by atoms with Gasteiger partial charge in [-0.2, -0.15) is 0 Å². The van der Waals surface area contributed by atoms with Crippen molar-refractivity contribution in [1.82, 2.24) is 5.32 Å². The molecule has 0 atom stereocenters. The first-order chi connectivity index (χ1) is 6.95. The lowest BCUT2D eigenvalue weighted by atomic mass is 10.1. The van der Waals surface area contributed by atoms with Crippen LogP contribution in [0.25, 0.3) is 0 Å². The van der Waals surface area contributed by atoms with Crippen molar-refractivity contribution in [2.24, 2.45) is 0 Å². The molecule has 0 radical (unpaired) electrons. The number of rotatable bonds is 4. The van der Waals surface area contributed by atoms with Crippen LogP contribution >= 0.6 is 0 Å². The lowest BCUT2D eigenvalue weighted by Gasteiger charge is -2.11. The summed E-state index contributed by atoms with van der Waals surface area (Å²) >= 11 is 0. The molecule has 1 saturated carbocycles. The smallest absolute Gasteiger partial charge is 0.00671 e. The maximum Gasteiger partial charge on any atom is 0.00671 e. The van der Waals surface area contributed by atoms with Crippen LogP contribution in [0.15, 0.2) is 30.3 Å². The van der Waals surface area contributed by atoms with Gasteiger partial charge in [0.1, 0.15) is 0 Å². The van der Waals surface area contributed by atoms with Gasteiger partial charge in [0.05, 0.1) is 0 Å². The van der Waals surface area contributed by atoms with E-state index < -0.39 is 0 Å². The van der Waals surface area contributed by atoms with E-state index in [0.29, 0.717) is 0 Å². The number of hydrogen-bond donors (Lipinski definition) is 1. The van der Waals surface area contributed by atoms with Gasteiger partial charge < -0.3 is 5.32 Å². The zero-order valence-electron chi connectivity index (χ0n) is 8.71. The molecule has 76 valence electrons. The van der Waals surface area contributed by atoms with Crippen molar-refractivity contribution in [2.45, 2.75) is 38.1 Å². The van der Waals surface area contributed by atoms with Gasteiger partial charge in [-0.1, -0.05) is 43.2 Å². The summed E-state index contributed by atoms with van der Waals surface area (Å²) in [4.78, 5) is 0. The van der Waals surface area contributed by atoms with Gasteiger partial charge in [-0.25, -0.2) is 0 Å². The summed E-state index contributed by atoms with van der Waals surface area (Å²) in [5.41, 5.74) is 1.44. The van der Waals surface area contributed by atoms with Crippen LogP contribution in [-0.4, -0.2) is 12.6 Å². The zero-order valence-corrected chi connectivity index (χ0v) is 8.71. The molecule has 0 unspecified atom stereocenters. The Labute approximate surface area is 86.5 Å². The van der Waals surface area contributed by atoms with Gasteiger partial charge in [-0.15, -0.1) is 0 Å². The maximum atomic E-state index is 3.63. The normalized spacial score (nSPS) is 17.4. The first kappa shape index (κ1) is 9.72. The lowest BCUT2D eigenvalue weighted by molar-refractivity contribution is 0.528. The second-order valence-electron chi connectivity index (χ2n) is 4.17. The lowest BCUT2D eigenvalue weighted by Crippen LogP contribution is -2.27. The van der Waals surface area contributed by atoms with Gasteiger partial charge in [0.25, 0.3) is 0 Å². The number of nitrogens with one attached hydrogen (secondary N) is 1. The molecule has 2 rings (SSSR count). The van der Waals surface area contributed by atoms with Crippen LogP contribution in [0.3, 0.4) is 0 Å². The Kier molecular flexibility index (Phi) is 3.58. The Bertz CT molecular complexity index is 249. The number of hydrogen-bond acceptors (Lipinski definition) is 1. The first-order valence-electron chi connectivity index (χ1n) is 5.72. The van der Waals surface area contributed by atoms with Crippen LogP contribution in [0, 0.1) is 0 Å². The van der Waals surface area contributed by atoms with Gasteiger partial charge in [0, 0.05) is 6.04 Å². The van der Waals surface area contributed by atoms with Gasteiger partial charge in [-0.3, -0.25) is 0 Å². The van der Waals surface area contributed by atoms with E-state index in [9.17, 15) is 0 Å². The molecule has 1 aromatic carbocycles. The molecule has 1 aromatic rings. The topological polar surface area (TPSA) is 12.0 Å². The highest BCUT2D eigenvalue weighted by Gasteiger charge is 2.13. The second kappa shape index (κ2) is 5.16. The highest BCUT2D eigenvalue weighted by Crippen LogP contribution is 2.17. The SMILES string of the molecule is c1ccc(CCNC2CCCC2)cc1. The third kappa shape index (κ3) is 2.85. The summed E-state index contributed by atoms with van der Waals surface area (Å²) in [6.07, 6.45) is 6.77. The molecule has 0 bridgehead atoms. The highest BCUT2D eigenvalue weighted by atomic mass is 14.9. The molecule has 0 aliphatic heterocycles. The Morgan fingerprint density at radius 2 is 1.79 bits per heavy atom. The van der Waals surface area contributed by atoms with Gasteiger partial charge in [0.15, 0.2) is 0 Å². The first-order valence-corrected chi connectivity index (χ1v) is 5.72. The minimum Gasteiger partial charge on any atom is -0.314 e. The zero-order chi connectivity index (χ0) is 9.64. The van der Waals surface area contributed by atoms with Gasteiger partial charge in [-0.05, 0) is 31.4 Å². The summed E-state index contributed by atoms with van der Waals surface area (Å²) < 4.78 is 0. The summed E-state index contributed by atoms with van der Waals surface area (Å²) in [6.45, 7) is 1.13. The molecule has 0 spiro atoms. The van der Waals surface area contributed by atoms with E-state index in [1.165, 1.54) is 31.2 Å². The molecule has 1 fully saturated rings.